The minimum absolute atomic E-state index is 0.337. The van der Waals surface area contributed by atoms with Gasteiger partial charge in [-0.1, -0.05) is 19.1 Å². The number of thiocarbonyl (C=S) groups is 1. The Kier molecular flexibility index (Phi) is 5.15. The zero-order valence-corrected chi connectivity index (χ0v) is 12.3. The first-order valence-electron chi connectivity index (χ1n) is 6.55. The Labute approximate surface area is 124 Å². The average Bonchev–Trinajstić information content (AvgIpc) is 2.48. The molecule has 0 fully saturated rings. The number of hydrogen-bond donors (Lipinski definition) is 1. The zero-order valence-electron chi connectivity index (χ0n) is 11.5. The second kappa shape index (κ2) is 7.07. The van der Waals surface area contributed by atoms with Crippen LogP contribution >= 0.6 is 12.2 Å². The average molecular weight is 286 g/mol. The van der Waals surface area contributed by atoms with Crippen molar-refractivity contribution in [1.82, 2.24) is 14.9 Å². The van der Waals surface area contributed by atoms with Crippen LogP contribution in [-0.2, 0) is 13.1 Å². The summed E-state index contributed by atoms with van der Waals surface area (Å²) >= 11 is 4.96. The maximum atomic E-state index is 5.62. The molecule has 0 aliphatic carbocycles. The van der Waals surface area contributed by atoms with Gasteiger partial charge in [0.05, 0.1) is 5.69 Å². The first-order chi connectivity index (χ1) is 9.69. The van der Waals surface area contributed by atoms with E-state index in [0.29, 0.717) is 10.7 Å². The van der Waals surface area contributed by atoms with Gasteiger partial charge in [-0.3, -0.25) is 14.9 Å². The van der Waals surface area contributed by atoms with Crippen molar-refractivity contribution in [3.8, 4) is 0 Å². The quantitative estimate of drug-likeness (QED) is 0.825. The zero-order chi connectivity index (χ0) is 14.4. The molecule has 2 heterocycles. The summed E-state index contributed by atoms with van der Waals surface area (Å²) in [5.41, 5.74) is 8.72. The van der Waals surface area contributed by atoms with Gasteiger partial charge in [-0.2, -0.15) is 0 Å². The molecule has 5 heteroatoms. The summed E-state index contributed by atoms with van der Waals surface area (Å²) in [6, 6.07) is 8.03. The highest BCUT2D eigenvalue weighted by atomic mass is 32.1. The lowest BCUT2D eigenvalue weighted by molar-refractivity contribution is 0.271. The van der Waals surface area contributed by atoms with Crippen LogP contribution < -0.4 is 5.73 Å². The Morgan fingerprint density at radius 2 is 1.80 bits per heavy atom. The van der Waals surface area contributed by atoms with E-state index in [0.717, 1.165) is 19.6 Å². The summed E-state index contributed by atoms with van der Waals surface area (Å²) in [4.78, 5) is 10.9. The monoisotopic (exact) mass is 286 g/mol. The van der Waals surface area contributed by atoms with Crippen molar-refractivity contribution in [2.24, 2.45) is 5.73 Å². The molecule has 2 rings (SSSR count). The molecule has 2 aromatic heterocycles. The molecule has 2 N–H and O–H groups in total. The number of aromatic nitrogens is 2. The van der Waals surface area contributed by atoms with E-state index in [1.807, 2.05) is 36.7 Å². The minimum atomic E-state index is 0.337. The highest BCUT2D eigenvalue weighted by Gasteiger charge is 2.06. The fraction of sp³-hybridized carbons (Fsp3) is 0.267. The topological polar surface area (TPSA) is 55.0 Å². The Hall–Kier alpha value is -1.85. The van der Waals surface area contributed by atoms with Crippen LogP contribution in [0.2, 0.25) is 0 Å². The molecular formula is C15H18N4S. The highest BCUT2D eigenvalue weighted by molar-refractivity contribution is 7.80. The molecule has 104 valence electrons. The van der Waals surface area contributed by atoms with Crippen molar-refractivity contribution in [2.45, 2.75) is 20.0 Å². The SMILES string of the molecule is CCN(Cc1ccncc1)Cc1ccnc(C(N)=S)c1. The van der Waals surface area contributed by atoms with E-state index < -0.39 is 0 Å². The van der Waals surface area contributed by atoms with Gasteiger partial charge in [0.25, 0.3) is 0 Å². The van der Waals surface area contributed by atoms with Crippen molar-refractivity contribution in [3.05, 3.63) is 59.7 Å². The van der Waals surface area contributed by atoms with Crippen LogP contribution in [0, 0.1) is 0 Å². The molecule has 0 saturated carbocycles. The van der Waals surface area contributed by atoms with Gasteiger partial charge in [-0.25, -0.2) is 0 Å². The minimum Gasteiger partial charge on any atom is -0.388 e. The molecule has 2 aromatic rings. The molecule has 20 heavy (non-hydrogen) atoms. The number of nitrogens with zero attached hydrogens (tertiary/aromatic N) is 3. The lowest BCUT2D eigenvalue weighted by atomic mass is 10.2. The van der Waals surface area contributed by atoms with Crippen LogP contribution in [0.15, 0.2) is 42.9 Å². The molecule has 4 nitrogen and oxygen atoms in total. The van der Waals surface area contributed by atoms with Gasteiger partial charge in [-0.15, -0.1) is 0 Å². The van der Waals surface area contributed by atoms with Gasteiger partial charge >= 0.3 is 0 Å². The highest BCUT2D eigenvalue weighted by Crippen LogP contribution is 2.10. The molecule has 0 saturated heterocycles. The third kappa shape index (κ3) is 4.08. The Bertz CT molecular complexity index is 571. The number of nitrogens with two attached hydrogens (primary N) is 1. The smallest absolute Gasteiger partial charge is 0.122 e. The molecule has 0 unspecified atom stereocenters. The lowest BCUT2D eigenvalue weighted by Crippen LogP contribution is -2.22. The third-order valence-corrected chi connectivity index (χ3v) is 3.29. The van der Waals surface area contributed by atoms with Crippen molar-refractivity contribution < 1.29 is 0 Å². The second-order valence-electron chi connectivity index (χ2n) is 4.57. The predicted molar refractivity (Wildman–Crippen MR) is 84.1 cm³/mol. The Morgan fingerprint density at radius 3 is 2.45 bits per heavy atom. The van der Waals surface area contributed by atoms with Gasteiger partial charge in [-0.05, 0) is 41.9 Å². The second-order valence-corrected chi connectivity index (χ2v) is 5.01. The van der Waals surface area contributed by atoms with Crippen molar-refractivity contribution in [1.29, 1.82) is 0 Å². The van der Waals surface area contributed by atoms with Crippen molar-refractivity contribution >= 4 is 17.2 Å². The van der Waals surface area contributed by atoms with Crippen molar-refractivity contribution in [3.63, 3.8) is 0 Å². The fourth-order valence-corrected chi connectivity index (χ4v) is 2.10. The van der Waals surface area contributed by atoms with Gasteiger partial charge in [0.15, 0.2) is 0 Å². The van der Waals surface area contributed by atoms with E-state index >= 15 is 0 Å². The summed E-state index contributed by atoms with van der Waals surface area (Å²) in [5.74, 6) is 0. The summed E-state index contributed by atoms with van der Waals surface area (Å²) in [7, 11) is 0. The summed E-state index contributed by atoms with van der Waals surface area (Å²) < 4.78 is 0. The van der Waals surface area contributed by atoms with Gasteiger partial charge < -0.3 is 5.73 Å². The standard InChI is InChI=1S/C15H18N4S/c1-2-19(10-12-3-6-17-7-4-12)11-13-5-8-18-14(9-13)15(16)20/h3-9H,2,10-11H2,1H3,(H2,16,20). The number of pyridine rings is 2. The van der Waals surface area contributed by atoms with Gasteiger partial charge in [0.1, 0.15) is 4.99 Å². The molecule has 0 aromatic carbocycles. The molecule has 0 bridgehead atoms. The molecule has 0 aliphatic rings. The third-order valence-electron chi connectivity index (χ3n) is 3.09. The first kappa shape index (κ1) is 14.6. The van der Waals surface area contributed by atoms with E-state index in [4.69, 9.17) is 18.0 Å². The molecule has 0 spiro atoms. The van der Waals surface area contributed by atoms with Crippen LogP contribution in [0.25, 0.3) is 0 Å². The Balaban J connectivity index is 2.06. The van der Waals surface area contributed by atoms with E-state index in [1.54, 1.807) is 6.20 Å². The van der Waals surface area contributed by atoms with E-state index in [-0.39, 0.29) is 0 Å². The van der Waals surface area contributed by atoms with Gasteiger partial charge in [0, 0.05) is 31.7 Å². The molecular weight excluding hydrogens is 268 g/mol. The maximum absolute atomic E-state index is 5.62. The molecule has 0 atom stereocenters. The van der Waals surface area contributed by atoms with Crippen LogP contribution in [-0.4, -0.2) is 26.4 Å². The number of hydrogen-bond acceptors (Lipinski definition) is 4. The number of rotatable bonds is 6. The van der Waals surface area contributed by atoms with Crippen LogP contribution in [0.3, 0.4) is 0 Å². The van der Waals surface area contributed by atoms with E-state index in [9.17, 15) is 0 Å². The summed E-state index contributed by atoms with van der Waals surface area (Å²) in [6.07, 6.45) is 5.39. The van der Waals surface area contributed by atoms with Crippen LogP contribution in [0.4, 0.5) is 0 Å². The largest absolute Gasteiger partial charge is 0.388 e. The fourth-order valence-electron chi connectivity index (χ4n) is 1.99. The predicted octanol–water partition coefficient (Wildman–Crippen LogP) is 2.13. The van der Waals surface area contributed by atoms with Gasteiger partial charge in [0.2, 0.25) is 0 Å². The normalized spacial score (nSPS) is 10.7. The van der Waals surface area contributed by atoms with Crippen LogP contribution in [0.5, 0.6) is 0 Å². The summed E-state index contributed by atoms with van der Waals surface area (Å²) in [6.45, 7) is 4.85. The van der Waals surface area contributed by atoms with Crippen molar-refractivity contribution in [2.75, 3.05) is 6.54 Å². The maximum Gasteiger partial charge on any atom is 0.122 e. The summed E-state index contributed by atoms with van der Waals surface area (Å²) in [5, 5.41) is 0. The van der Waals surface area contributed by atoms with E-state index in [1.165, 1.54) is 11.1 Å². The first-order valence-corrected chi connectivity index (χ1v) is 6.96. The molecule has 0 amide bonds. The molecule has 0 radical (unpaired) electrons. The van der Waals surface area contributed by atoms with E-state index in [2.05, 4.69) is 21.8 Å². The lowest BCUT2D eigenvalue weighted by Gasteiger charge is -2.20. The Morgan fingerprint density at radius 1 is 1.15 bits per heavy atom. The molecule has 0 aliphatic heterocycles. The van der Waals surface area contributed by atoms with Crippen LogP contribution in [0.1, 0.15) is 23.7 Å².